The predicted octanol–water partition coefficient (Wildman–Crippen LogP) is 3.47. The number of hydrogen-bond acceptors (Lipinski definition) is 5. The van der Waals surface area contributed by atoms with Crippen LogP contribution in [0.2, 0.25) is 0 Å². The van der Waals surface area contributed by atoms with E-state index in [0.29, 0.717) is 31.0 Å². The molecule has 1 fully saturated rings. The van der Waals surface area contributed by atoms with Crippen LogP contribution in [0.1, 0.15) is 36.8 Å². The van der Waals surface area contributed by atoms with Gasteiger partial charge in [0, 0.05) is 43.3 Å². The Morgan fingerprint density at radius 1 is 1.09 bits per heavy atom. The van der Waals surface area contributed by atoms with Crippen molar-refractivity contribution < 1.29 is 14.7 Å². The molecule has 32 heavy (non-hydrogen) atoms. The van der Waals surface area contributed by atoms with Crippen molar-refractivity contribution in [3.63, 3.8) is 0 Å². The van der Waals surface area contributed by atoms with Gasteiger partial charge in [-0.15, -0.1) is 0 Å². The first-order valence-corrected chi connectivity index (χ1v) is 10.6. The van der Waals surface area contributed by atoms with Crippen LogP contribution >= 0.6 is 0 Å². The summed E-state index contributed by atoms with van der Waals surface area (Å²) in [6, 6.07) is 13.2. The molecule has 3 heterocycles. The number of carboxylic acids is 1. The fraction of sp³-hybridized carbons (Fsp3) is 0.333. The number of benzene rings is 1. The fourth-order valence-corrected chi connectivity index (χ4v) is 3.73. The zero-order chi connectivity index (χ0) is 22.9. The number of nitrogens with one attached hydrogen (secondary N) is 1. The molecule has 3 aromatic rings. The van der Waals surface area contributed by atoms with Crippen molar-refractivity contribution in [2.24, 2.45) is 5.92 Å². The van der Waals surface area contributed by atoms with Gasteiger partial charge in [0.05, 0.1) is 17.2 Å². The molecule has 0 aliphatic carbocycles. The van der Waals surface area contributed by atoms with E-state index in [1.807, 2.05) is 61.9 Å². The zero-order valence-electron chi connectivity index (χ0n) is 18.4. The number of pyridine rings is 1. The second-order valence-electron chi connectivity index (χ2n) is 9.11. The SMILES string of the molecule is CC(C)(C)n1nc(C(=O)Nc2ccc(CN3CC(C(=O)O)C3)cc2)cc1-c1ccncc1. The lowest BCUT2D eigenvalue weighted by Crippen LogP contribution is -2.49. The summed E-state index contributed by atoms with van der Waals surface area (Å²) >= 11 is 0. The predicted molar refractivity (Wildman–Crippen MR) is 121 cm³/mol. The van der Waals surface area contributed by atoms with Crippen LogP contribution in [0.4, 0.5) is 5.69 Å². The van der Waals surface area contributed by atoms with Crippen LogP contribution in [-0.2, 0) is 16.9 Å². The van der Waals surface area contributed by atoms with Gasteiger partial charge in [0.25, 0.3) is 5.91 Å². The number of amides is 1. The van der Waals surface area contributed by atoms with Gasteiger partial charge in [-0.05, 0) is 56.7 Å². The van der Waals surface area contributed by atoms with Crippen LogP contribution in [0.5, 0.6) is 0 Å². The number of aliphatic carboxylic acids is 1. The molecule has 166 valence electrons. The molecule has 2 aromatic heterocycles. The molecule has 0 atom stereocenters. The summed E-state index contributed by atoms with van der Waals surface area (Å²) < 4.78 is 1.86. The number of likely N-dealkylation sites (tertiary alicyclic amines) is 1. The fourth-order valence-electron chi connectivity index (χ4n) is 3.73. The third kappa shape index (κ3) is 4.70. The Morgan fingerprint density at radius 3 is 2.34 bits per heavy atom. The number of carbonyl (C=O) groups excluding carboxylic acids is 1. The molecule has 1 aliphatic heterocycles. The largest absolute Gasteiger partial charge is 0.481 e. The number of rotatable bonds is 6. The average Bonchev–Trinajstić information content (AvgIpc) is 3.18. The minimum atomic E-state index is -0.736. The highest BCUT2D eigenvalue weighted by Gasteiger charge is 2.32. The van der Waals surface area contributed by atoms with E-state index in [2.05, 4.69) is 20.3 Å². The Kier molecular flexibility index (Phi) is 5.80. The van der Waals surface area contributed by atoms with Gasteiger partial charge < -0.3 is 10.4 Å². The molecule has 1 amide bonds. The first-order valence-electron chi connectivity index (χ1n) is 10.6. The second-order valence-corrected chi connectivity index (χ2v) is 9.11. The molecule has 1 saturated heterocycles. The van der Waals surface area contributed by atoms with E-state index >= 15 is 0 Å². The van der Waals surface area contributed by atoms with E-state index in [-0.39, 0.29) is 17.4 Å². The summed E-state index contributed by atoms with van der Waals surface area (Å²) in [5, 5.41) is 16.5. The Balaban J connectivity index is 1.45. The van der Waals surface area contributed by atoms with Crippen LogP contribution in [0.3, 0.4) is 0 Å². The van der Waals surface area contributed by atoms with Crippen LogP contribution in [0.25, 0.3) is 11.3 Å². The van der Waals surface area contributed by atoms with Crippen molar-refractivity contribution in [2.45, 2.75) is 32.9 Å². The summed E-state index contributed by atoms with van der Waals surface area (Å²) in [4.78, 5) is 30.0. The normalized spacial score (nSPS) is 14.7. The highest BCUT2D eigenvalue weighted by Crippen LogP contribution is 2.27. The van der Waals surface area contributed by atoms with Gasteiger partial charge in [0.2, 0.25) is 0 Å². The minimum absolute atomic E-state index is 0.265. The van der Waals surface area contributed by atoms with E-state index in [9.17, 15) is 9.59 Å². The van der Waals surface area contributed by atoms with Crippen molar-refractivity contribution >= 4 is 17.6 Å². The Morgan fingerprint density at radius 2 is 1.75 bits per heavy atom. The highest BCUT2D eigenvalue weighted by molar-refractivity contribution is 6.03. The number of carbonyl (C=O) groups is 2. The van der Waals surface area contributed by atoms with E-state index in [1.54, 1.807) is 18.5 Å². The maximum Gasteiger partial charge on any atom is 0.309 e. The number of nitrogens with zero attached hydrogens (tertiary/aromatic N) is 4. The van der Waals surface area contributed by atoms with Gasteiger partial charge in [0.15, 0.2) is 5.69 Å². The maximum absolute atomic E-state index is 12.9. The summed E-state index contributed by atoms with van der Waals surface area (Å²) in [6.45, 7) is 7.98. The third-order valence-corrected chi connectivity index (χ3v) is 5.48. The van der Waals surface area contributed by atoms with E-state index < -0.39 is 5.97 Å². The van der Waals surface area contributed by atoms with Crippen LogP contribution < -0.4 is 5.32 Å². The number of anilines is 1. The lowest BCUT2D eigenvalue weighted by atomic mass is 9.99. The van der Waals surface area contributed by atoms with Crippen molar-refractivity contribution in [3.8, 4) is 11.3 Å². The van der Waals surface area contributed by atoms with Gasteiger partial charge in [-0.25, -0.2) is 0 Å². The van der Waals surface area contributed by atoms with Crippen molar-refractivity contribution in [2.75, 3.05) is 18.4 Å². The third-order valence-electron chi connectivity index (χ3n) is 5.48. The van der Waals surface area contributed by atoms with Gasteiger partial charge >= 0.3 is 5.97 Å². The molecule has 0 saturated carbocycles. The average molecular weight is 434 g/mol. The van der Waals surface area contributed by atoms with E-state index in [1.165, 1.54) is 0 Å². The zero-order valence-corrected chi connectivity index (χ0v) is 18.4. The van der Waals surface area contributed by atoms with E-state index in [0.717, 1.165) is 16.8 Å². The first-order chi connectivity index (χ1) is 15.2. The standard InChI is InChI=1S/C24H27N5O3/c1-24(2,3)29-21(17-8-10-25-11-9-17)12-20(27-29)22(30)26-19-6-4-16(5-7-19)13-28-14-18(15-28)23(31)32/h4-12,18H,13-15H2,1-3H3,(H,26,30)(H,31,32). The van der Waals surface area contributed by atoms with Crippen LogP contribution in [0, 0.1) is 5.92 Å². The molecule has 1 aliphatic rings. The molecular formula is C24H27N5O3. The molecule has 8 nitrogen and oxygen atoms in total. The van der Waals surface area contributed by atoms with Gasteiger partial charge in [-0.3, -0.25) is 24.2 Å². The molecular weight excluding hydrogens is 406 g/mol. The van der Waals surface area contributed by atoms with Crippen molar-refractivity contribution in [1.29, 1.82) is 0 Å². The van der Waals surface area contributed by atoms with Crippen LogP contribution in [0.15, 0.2) is 54.9 Å². The Labute approximate surface area is 186 Å². The lowest BCUT2D eigenvalue weighted by Gasteiger charge is -2.36. The molecule has 0 radical (unpaired) electrons. The molecule has 0 unspecified atom stereocenters. The quantitative estimate of drug-likeness (QED) is 0.617. The summed E-state index contributed by atoms with van der Waals surface area (Å²) in [5.41, 5.74) is 3.60. The Bertz CT molecular complexity index is 1110. The van der Waals surface area contributed by atoms with Crippen molar-refractivity contribution in [1.82, 2.24) is 19.7 Å². The topological polar surface area (TPSA) is 100 Å². The van der Waals surface area contributed by atoms with Gasteiger partial charge in [-0.1, -0.05) is 12.1 Å². The van der Waals surface area contributed by atoms with Crippen molar-refractivity contribution in [3.05, 3.63) is 66.1 Å². The monoisotopic (exact) mass is 433 g/mol. The summed E-state index contributed by atoms with van der Waals surface area (Å²) in [6.07, 6.45) is 3.44. The van der Waals surface area contributed by atoms with Gasteiger partial charge in [-0.2, -0.15) is 5.10 Å². The molecule has 0 bridgehead atoms. The number of carboxylic acid groups (broad SMARTS) is 1. The summed E-state index contributed by atoms with van der Waals surface area (Å²) in [5.74, 6) is -1.28. The molecule has 1 aromatic carbocycles. The Hall–Kier alpha value is -3.52. The molecule has 4 rings (SSSR count). The minimum Gasteiger partial charge on any atom is -0.481 e. The molecule has 8 heteroatoms. The molecule has 2 N–H and O–H groups in total. The lowest BCUT2D eigenvalue weighted by molar-refractivity contribution is -0.147. The molecule has 0 spiro atoms. The summed E-state index contributed by atoms with van der Waals surface area (Å²) in [7, 11) is 0. The van der Waals surface area contributed by atoms with Gasteiger partial charge in [0.1, 0.15) is 0 Å². The van der Waals surface area contributed by atoms with E-state index in [4.69, 9.17) is 5.11 Å². The highest BCUT2D eigenvalue weighted by atomic mass is 16.4. The first kappa shape index (κ1) is 21.7. The van der Waals surface area contributed by atoms with Crippen LogP contribution in [-0.4, -0.2) is 49.7 Å². The maximum atomic E-state index is 12.9. The number of aromatic nitrogens is 3. The smallest absolute Gasteiger partial charge is 0.309 e. The second kappa shape index (κ2) is 8.55. The number of hydrogen-bond donors (Lipinski definition) is 2.